The molecule has 1 unspecified atom stereocenters. The molecular weight excluding hydrogens is 313 g/mol. The average molecular weight is 346 g/mol. The van der Waals surface area contributed by atoms with Crippen molar-refractivity contribution in [2.45, 2.75) is 69.9 Å². The van der Waals surface area contributed by atoms with E-state index in [1.807, 2.05) is 12.1 Å². The normalized spacial score (nSPS) is 25.2. The van der Waals surface area contributed by atoms with Gasteiger partial charge in [0.1, 0.15) is 5.82 Å². The molecule has 25 heavy (non-hydrogen) atoms. The maximum Gasteiger partial charge on any atom is 0.123 e. The SMILES string of the molecule is Fc1ccc(C([C@@H](OCC2CC2)C2CCCCC2)N2CCCC2)cc1. The van der Waals surface area contributed by atoms with E-state index in [9.17, 15) is 4.39 Å². The minimum atomic E-state index is -0.142. The van der Waals surface area contributed by atoms with Gasteiger partial charge in [-0.15, -0.1) is 0 Å². The second-order valence-electron chi connectivity index (χ2n) is 8.38. The van der Waals surface area contributed by atoms with Gasteiger partial charge in [-0.2, -0.15) is 0 Å². The summed E-state index contributed by atoms with van der Waals surface area (Å²) in [5.41, 5.74) is 1.25. The van der Waals surface area contributed by atoms with Gasteiger partial charge in [-0.1, -0.05) is 31.4 Å². The minimum Gasteiger partial charge on any atom is -0.376 e. The van der Waals surface area contributed by atoms with Gasteiger partial charge in [0.05, 0.1) is 12.1 Å². The van der Waals surface area contributed by atoms with Gasteiger partial charge in [-0.25, -0.2) is 4.39 Å². The lowest BCUT2D eigenvalue weighted by atomic mass is 9.80. The lowest BCUT2D eigenvalue weighted by Crippen LogP contribution is -2.41. The maximum absolute atomic E-state index is 13.5. The van der Waals surface area contributed by atoms with Gasteiger partial charge in [-0.3, -0.25) is 4.90 Å². The lowest BCUT2D eigenvalue weighted by Gasteiger charge is -2.40. The Kier molecular flexibility index (Phi) is 5.72. The highest BCUT2D eigenvalue weighted by atomic mass is 19.1. The summed E-state index contributed by atoms with van der Waals surface area (Å²) in [7, 11) is 0. The van der Waals surface area contributed by atoms with Gasteiger partial charge in [0.2, 0.25) is 0 Å². The molecule has 0 amide bonds. The molecule has 1 aliphatic heterocycles. The standard InChI is InChI=1S/C22H32FNO/c23-20-12-10-18(11-13-20)21(24-14-4-5-15-24)22(25-16-17-8-9-17)19-6-2-1-3-7-19/h10-13,17,19,21-22H,1-9,14-16H2/t21?,22-/m0/s1. The minimum absolute atomic E-state index is 0.142. The molecule has 1 aromatic rings. The van der Waals surface area contributed by atoms with Crippen molar-refractivity contribution in [3.8, 4) is 0 Å². The zero-order valence-corrected chi connectivity index (χ0v) is 15.3. The van der Waals surface area contributed by atoms with Crippen LogP contribution in [0.15, 0.2) is 24.3 Å². The van der Waals surface area contributed by atoms with Crippen LogP contribution in [0.4, 0.5) is 4.39 Å². The highest BCUT2D eigenvalue weighted by Gasteiger charge is 2.38. The van der Waals surface area contributed by atoms with Gasteiger partial charge < -0.3 is 4.74 Å². The van der Waals surface area contributed by atoms with Crippen molar-refractivity contribution in [1.82, 2.24) is 4.90 Å². The van der Waals surface area contributed by atoms with Crippen LogP contribution in [0.2, 0.25) is 0 Å². The second-order valence-corrected chi connectivity index (χ2v) is 8.38. The molecule has 2 nitrogen and oxygen atoms in total. The predicted octanol–water partition coefficient (Wildman–Crippen LogP) is 5.34. The van der Waals surface area contributed by atoms with Crippen LogP contribution in [0.5, 0.6) is 0 Å². The summed E-state index contributed by atoms with van der Waals surface area (Å²) in [6, 6.07) is 7.53. The molecule has 0 aromatic heterocycles. The largest absolute Gasteiger partial charge is 0.376 e. The molecular formula is C22H32FNO. The summed E-state index contributed by atoms with van der Waals surface area (Å²) in [6.07, 6.45) is 12.1. The smallest absolute Gasteiger partial charge is 0.123 e. The molecule has 4 rings (SSSR count). The van der Waals surface area contributed by atoms with E-state index < -0.39 is 0 Å². The first-order chi connectivity index (χ1) is 12.3. The van der Waals surface area contributed by atoms with Crippen molar-refractivity contribution >= 4 is 0 Å². The molecule has 0 N–H and O–H groups in total. The van der Waals surface area contributed by atoms with E-state index >= 15 is 0 Å². The zero-order valence-electron chi connectivity index (χ0n) is 15.3. The van der Waals surface area contributed by atoms with Crippen LogP contribution in [-0.2, 0) is 4.74 Å². The Labute approximate surface area is 151 Å². The van der Waals surface area contributed by atoms with Crippen LogP contribution >= 0.6 is 0 Å². The number of hydrogen-bond acceptors (Lipinski definition) is 2. The number of ether oxygens (including phenoxy) is 1. The number of hydrogen-bond donors (Lipinski definition) is 0. The Hall–Kier alpha value is -0.930. The van der Waals surface area contributed by atoms with Crippen molar-refractivity contribution in [3.63, 3.8) is 0 Å². The molecule has 2 saturated carbocycles. The average Bonchev–Trinajstić information content (AvgIpc) is 3.32. The van der Waals surface area contributed by atoms with Gasteiger partial charge in [-0.05, 0) is 81.1 Å². The van der Waals surface area contributed by atoms with Crippen molar-refractivity contribution < 1.29 is 9.13 Å². The molecule has 0 radical (unpaired) electrons. The number of halogens is 1. The molecule has 2 atom stereocenters. The van der Waals surface area contributed by atoms with E-state index in [1.54, 1.807) is 12.1 Å². The summed E-state index contributed by atoms with van der Waals surface area (Å²) in [4.78, 5) is 2.61. The van der Waals surface area contributed by atoms with E-state index in [2.05, 4.69) is 4.90 Å². The predicted molar refractivity (Wildman–Crippen MR) is 99.0 cm³/mol. The van der Waals surface area contributed by atoms with E-state index in [1.165, 1.54) is 63.4 Å². The van der Waals surface area contributed by atoms with Crippen LogP contribution in [0.1, 0.15) is 69.4 Å². The molecule has 1 saturated heterocycles. The van der Waals surface area contributed by atoms with Crippen molar-refractivity contribution in [2.75, 3.05) is 19.7 Å². The fourth-order valence-electron chi connectivity index (χ4n) is 4.77. The molecule has 2 aliphatic carbocycles. The van der Waals surface area contributed by atoms with Crippen LogP contribution in [0.25, 0.3) is 0 Å². The van der Waals surface area contributed by atoms with E-state index in [4.69, 9.17) is 4.74 Å². The van der Waals surface area contributed by atoms with E-state index in [0.717, 1.165) is 25.6 Å². The Bertz CT molecular complexity index is 529. The number of nitrogens with zero attached hydrogens (tertiary/aromatic N) is 1. The Morgan fingerprint density at radius 3 is 2.24 bits per heavy atom. The number of rotatable bonds is 7. The van der Waals surface area contributed by atoms with Gasteiger partial charge >= 0.3 is 0 Å². The van der Waals surface area contributed by atoms with Crippen LogP contribution in [0.3, 0.4) is 0 Å². The Balaban J connectivity index is 1.59. The first-order valence-corrected chi connectivity index (χ1v) is 10.4. The molecule has 0 bridgehead atoms. The Morgan fingerprint density at radius 2 is 1.60 bits per heavy atom. The van der Waals surface area contributed by atoms with Gasteiger partial charge in [0.25, 0.3) is 0 Å². The highest BCUT2D eigenvalue weighted by Crippen LogP contribution is 2.40. The second kappa shape index (κ2) is 8.18. The fourth-order valence-corrected chi connectivity index (χ4v) is 4.77. The molecule has 3 heteroatoms. The number of likely N-dealkylation sites (tertiary alicyclic amines) is 1. The van der Waals surface area contributed by atoms with Crippen LogP contribution in [0, 0.1) is 17.7 Å². The molecule has 0 spiro atoms. The first-order valence-electron chi connectivity index (χ1n) is 10.4. The molecule has 138 valence electrons. The fraction of sp³-hybridized carbons (Fsp3) is 0.727. The van der Waals surface area contributed by atoms with Crippen LogP contribution in [-0.4, -0.2) is 30.7 Å². The maximum atomic E-state index is 13.5. The molecule has 3 aliphatic rings. The number of benzene rings is 1. The van der Waals surface area contributed by atoms with E-state index in [0.29, 0.717) is 12.0 Å². The summed E-state index contributed by atoms with van der Waals surface area (Å²) in [6.45, 7) is 3.23. The molecule has 1 aromatic carbocycles. The third kappa shape index (κ3) is 4.43. The Morgan fingerprint density at radius 1 is 0.920 bits per heavy atom. The molecule has 3 fully saturated rings. The molecule has 1 heterocycles. The summed E-state index contributed by atoms with van der Waals surface area (Å²) < 4.78 is 20.1. The van der Waals surface area contributed by atoms with Gasteiger partial charge in [0, 0.05) is 6.61 Å². The van der Waals surface area contributed by atoms with Gasteiger partial charge in [0.15, 0.2) is 0 Å². The monoisotopic (exact) mass is 345 g/mol. The van der Waals surface area contributed by atoms with Crippen molar-refractivity contribution in [2.24, 2.45) is 11.8 Å². The van der Waals surface area contributed by atoms with Crippen LogP contribution < -0.4 is 0 Å². The topological polar surface area (TPSA) is 12.5 Å². The zero-order chi connectivity index (χ0) is 17.1. The third-order valence-corrected chi connectivity index (χ3v) is 6.39. The summed E-state index contributed by atoms with van der Waals surface area (Å²) >= 11 is 0. The summed E-state index contributed by atoms with van der Waals surface area (Å²) in [5.74, 6) is 1.30. The van der Waals surface area contributed by atoms with Crippen molar-refractivity contribution in [3.05, 3.63) is 35.6 Å². The van der Waals surface area contributed by atoms with Crippen molar-refractivity contribution in [1.29, 1.82) is 0 Å². The summed E-state index contributed by atoms with van der Waals surface area (Å²) in [5, 5.41) is 0. The lowest BCUT2D eigenvalue weighted by molar-refractivity contribution is -0.0572. The van der Waals surface area contributed by atoms with E-state index in [-0.39, 0.29) is 11.9 Å². The first kappa shape index (κ1) is 17.5. The third-order valence-electron chi connectivity index (χ3n) is 6.39. The highest BCUT2D eigenvalue weighted by molar-refractivity contribution is 5.22. The quantitative estimate of drug-likeness (QED) is 0.661.